The molecule has 1 saturated carbocycles. The summed E-state index contributed by atoms with van der Waals surface area (Å²) in [7, 11) is 0. The maximum atomic E-state index is 13.5. The standard InChI is InChI=1S/C25H29N3O2/c1-18-15-19-9-5-7-13-22(19)28(18)25(29)16-27-23-14-8-6-12-21(23)26-24(27)17-30-20-10-3-2-4-11-20/h2-4,6,8,10-12,14,18-19,22H,5,7,9,13,15-17H2,1H3. The van der Waals surface area contributed by atoms with Crippen molar-refractivity contribution >= 4 is 16.9 Å². The summed E-state index contributed by atoms with van der Waals surface area (Å²) in [6.07, 6.45) is 6.11. The molecule has 1 aromatic heterocycles. The molecule has 5 heteroatoms. The number of benzene rings is 2. The predicted octanol–water partition coefficient (Wildman–Crippen LogP) is 4.79. The zero-order valence-corrected chi connectivity index (χ0v) is 17.5. The third-order valence-electron chi connectivity index (χ3n) is 6.77. The van der Waals surface area contributed by atoms with Gasteiger partial charge in [-0.25, -0.2) is 4.98 Å². The van der Waals surface area contributed by atoms with Crippen LogP contribution in [0.1, 0.15) is 44.9 Å². The van der Waals surface area contributed by atoms with Crippen LogP contribution in [0.15, 0.2) is 54.6 Å². The minimum Gasteiger partial charge on any atom is -0.486 e. The number of likely N-dealkylation sites (tertiary alicyclic amines) is 1. The summed E-state index contributed by atoms with van der Waals surface area (Å²) < 4.78 is 8.01. The molecule has 2 aromatic carbocycles. The van der Waals surface area contributed by atoms with E-state index in [4.69, 9.17) is 9.72 Å². The van der Waals surface area contributed by atoms with Gasteiger partial charge in [0.05, 0.1) is 11.0 Å². The first-order chi connectivity index (χ1) is 14.7. The normalized spacial score (nSPS) is 23.5. The van der Waals surface area contributed by atoms with Gasteiger partial charge >= 0.3 is 0 Å². The van der Waals surface area contributed by atoms with E-state index in [-0.39, 0.29) is 5.91 Å². The number of amides is 1. The Bertz CT molecular complexity index is 1030. The average Bonchev–Trinajstić information content (AvgIpc) is 3.29. The van der Waals surface area contributed by atoms with Crippen molar-refractivity contribution < 1.29 is 9.53 Å². The van der Waals surface area contributed by atoms with Gasteiger partial charge < -0.3 is 14.2 Å². The molecule has 0 N–H and O–H groups in total. The molecule has 156 valence electrons. The Morgan fingerprint density at radius 1 is 1.07 bits per heavy atom. The molecule has 30 heavy (non-hydrogen) atoms. The largest absolute Gasteiger partial charge is 0.486 e. The van der Waals surface area contributed by atoms with Gasteiger partial charge in [0.2, 0.25) is 5.91 Å². The summed E-state index contributed by atoms with van der Waals surface area (Å²) in [5, 5.41) is 0. The fraction of sp³-hybridized carbons (Fsp3) is 0.440. The molecule has 3 atom stereocenters. The van der Waals surface area contributed by atoms with E-state index in [0.717, 1.165) is 35.4 Å². The van der Waals surface area contributed by atoms with E-state index in [9.17, 15) is 4.79 Å². The molecule has 0 spiro atoms. The summed E-state index contributed by atoms with van der Waals surface area (Å²) in [6.45, 7) is 2.87. The van der Waals surface area contributed by atoms with Gasteiger partial charge in [-0.2, -0.15) is 0 Å². The van der Waals surface area contributed by atoms with Crippen LogP contribution < -0.4 is 4.74 Å². The van der Waals surface area contributed by atoms with Crippen molar-refractivity contribution in [1.29, 1.82) is 0 Å². The Balaban J connectivity index is 1.41. The van der Waals surface area contributed by atoms with Crippen LogP contribution in [0, 0.1) is 5.92 Å². The molecule has 3 aromatic rings. The molecular formula is C25H29N3O2. The third-order valence-corrected chi connectivity index (χ3v) is 6.77. The topological polar surface area (TPSA) is 47.4 Å². The number of carbonyl (C=O) groups is 1. The molecular weight excluding hydrogens is 374 g/mol. The van der Waals surface area contributed by atoms with Gasteiger partial charge in [0.25, 0.3) is 0 Å². The van der Waals surface area contributed by atoms with Crippen molar-refractivity contribution in [1.82, 2.24) is 14.5 Å². The average molecular weight is 404 g/mol. The highest BCUT2D eigenvalue weighted by Crippen LogP contribution is 2.39. The van der Waals surface area contributed by atoms with E-state index < -0.39 is 0 Å². The van der Waals surface area contributed by atoms with E-state index in [1.54, 1.807) is 0 Å². The van der Waals surface area contributed by atoms with Gasteiger partial charge in [-0.3, -0.25) is 4.79 Å². The number of ether oxygens (including phenoxy) is 1. The Labute approximate surface area is 177 Å². The molecule has 2 heterocycles. The minimum absolute atomic E-state index is 0.209. The zero-order valence-electron chi connectivity index (χ0n) is 17.5. The van der Waals surface area contributed by atoms with Crippen LogP contribution in [-0.4, -0.2) is 32.4 Å². The van der Waals surface area contributed by atoms with Gasteiger partial charge in [-0.15, -0.1) is 0 Å². The lowest BCUT2D eigenvalue weighted by Gasteiger charge is -2.33. The van der Waals surface area contributed by atoms with E-state index >= 15 is 0 Å². The Hall–Kier alpha value is -2.82. The van der Waals surface area contributed by atoms with E-state index in [2.05, 4.69) is 11.8 Å². The Kier molecular flexibility index (Phi) is 5.19. The number of carbonyl (C=O) groups excluding carboxylic acids is 1. The molecule has 0 bridgehead atoms. The number of rotatable bonds is 5. The second-order valence-electron chi connectivity index (χ2n) is 8.70. The Morgan fingerprint density at radius 2 is 1.83 bits per heavy atom. The summed E-state index contributed by atoms with van der Waals surface area (Å²) in [5.74, 6) is 2.49. The number of fused-ring (bicyclic) bond motifs is 2. The highest BCUT2D eigenvalue weighted by molar-refractivity contribution is 5.81. The van der Waals surface area contributed by atoms with Gasteiger partial charge in [0.1, 0.15) is 24.7 Å². The number of para-hydroxylation sites is 3. The number of hydrogen-bond acceptors (Lipinski definition) is 3. The molecule has 1 aliphatic heterocycles. The molecule has 1 saturated heterocycles. The van der Waals surface area contributed by atoms with Crippen LogP contribution in [0.3, 0.4) is 0 Å². The lowest BCUT2D eigenvalue weighted by atomic mass is 9.85. The van der Waals surface area contributed by atoms with Crippen LogP contribution in [-0.2, 0) is 17.9 Å². The maximum Gasteiger partial charge on any atom is 0.243 e. The first-order valence-corrected chi connectivity index (χ1v) is 11.1. The van der Waals surface area contributed by atoms with Gasteiger partial charge in [-0.1, -0.05) is 43.2 Å². The molecule has 2 fully saturated rings. The molecule has 1 aliphatic carbocycles. The van der Waals surface area contributed by atoms with Crippen molar-refractivity contribution in [2.45, 2.75) is 64.3 Å². The maximum absolute atomic E-state index is 13.5. The predicted molar refractivity (Wildman–Crippen MR) is 117 cm³/mol. The number of hydrogen-bond donors (Lipinski definition) is 0. The molecule has 5 rings (SSSR count). The van der Waals surface area contributed by atoms with E-state index in [1.807, 2.05) is 59.2 Å². The first kappa shape index (κ1) is 19.2. The first-order valence-electron chi connectivity index (χ1n) is 11.1. The fourth-order valence-corrected chi connectivity index (χ4v) is 5.43. The van der Waals surface area contributed by atoms with Crippen LogP contribution in [0.5, 0.6) is 5.75 Å². The minimum atomic E-state index is 0.209. The monoisotopic (exact) mass is 403 g/mol. The van der Waals surface area contributed by atoms with E-state index in [0.29, 0.717) is 31.2 Å². The quantitative estimate of drug-likeness (QED) is 0.615. The summed E-state index contributed by atoms with van der Waals surface area (Å²) in [4.78, 5) is 20.4. The number of nitrogens with zero attached hydrogens (tertiary/aromatic N) is 3. The molecule has 5 nitrogen and oxygen atoms in total. The van der Waals surface area contributed by atoms with Crippen molar-refractivity contribution in [2.75, 3.05) is 0 Å². The third kappa shape index (κ3) is 3.57. The fourth-order valence-electron chi connectivity index (χ4n) is 5.43. The SMILES string of the molecule is CC1CC2CCCCC2N1C(=O)Cn1c(COc2ccccc2)nc2ccccc21. The second-order valence-corrected chi connectivity index (χ2v) is 8.70. The number of imidazole rings is 1. The summed E-state index contributed by atoms with van der Waals surface area (Å²) in [5.41, 5.74) is 1.89. The van der Waals surface area contributed by atoms with Crippen LogP contribution in [0.25, 0.3) is 11.0 Å². The lowest BCUT2D eigenvalue weighted by molar-refractivity contribution is -0.135. The highest BCUT2D eigenvalue weighted by atomic mass is 16.5. The van der Waals surface area contributed by atoms with Crippen LogP contribution >= 0.6 is 0 Å². The van der Waals surface area contributed by atoms with Gasteiger partial charge in [0, 0.05) is 12.1 Å². The second kappa shape index (κ2) is 8.13. The van der Waals surface area contributed by atoms with Crippen LogP contribution in [0.4, 0.5) is 0 Å². The summed E-state index contributed by atoms with van der Waals surface area (Å²) >= 11 is 0. The summed E-state index contributed by atoms with van der Waals surface area (Å²) in [6, 6.07) is 18.5. The van der Waals surface area contributed by atoms with Crippen molar-refractivity contribution in [3.63, 3.8) is 0 Å². The molecule has 2 aliphatic rings. The lowest BCUT2D eigenvalue weighted by Crippen LogP contribution is -2.44. The van der Waals surface area contributed by atoms with Crippen molar-refractivity contribution in [3.05, 3.63) is 60.4 Å². The highest BCUT2D eigenvalue weighted by Gasteiger charge is 2.42. The zero-order chi connectivity index (χ0) is 20.5. The molecule has 1 amide bonds. The Morgan fingerprint density at radius 3 is 2.70 bits per heavy atom. The van der Waals surface area contributed by atoms with E-state index in [1.165, 1.54) is 19.3 Å². The number of aromatic nitrogens is 2. The smallest absolute Gasteiger partial charge is 0.243 e. The molecule has 3 unspecified atom stereocenters. The molecule has 0 radical (unpaired) electrons. The van der Waals surface area contributed by atoms with Gasteiger partial charge in [0.15, 0.2) is 0 Å². The van der Waals surface area contributed by atoms with Gasteiger partial charge in [-0.05, 0) is 56.4 Å². The van der Waals surface area contributed by atoms with Crippen LogP contribution in [0.2, 0.25) is 0 Å². The van der Waals surface area contributed by atoms with Crippen molar-refractivity contribution in [2.24, 2.45) is 5.92 Å². The van der Waals surface area contributed by atoms with Crippen molar-refractivity contribution in [3.8, 4) is 5.75 Å².